The standard InChI is InChI=1S/C13H19F3N4O/c1-3-9-8(4-5-21-9)7-18-11-6-10(17-2)19-12(20-11)13(14,15)16/h6,8-9H,3-5,7H2,1-2H3,(H2,17,18,19,20). The highest BCUT2D eigenvalue weighted by Crippen LogP contribution is 2.29. The summed E-state index contributed by atoms with van der Waals surface area (Å²) in [5.41, 5.74) is 0. The molecule has 1 aliphatic rings. The Morgan fingerprint density at radius 3 is 2.67 bits per heavy atom. The third kappa shape index (κ3) is 3.96. The largest absolute Gasteiger partial charge is 0.451 e. The van der Waals surface area contributed by atoms with Crippen molar-refractivity contribution in [3.05, 3.63) is 11.9 Å². The fourth-order valence-corrected chi connectivity index (χ4v) is 2.41. The van der Waals surface area contributed by atoms with E-state index in [-0.39, 0.29) is 23.7 Å². The summed E-state index contributed by atoms with van der Waals surface area (Å²) in [5, 5.41) is 5.58. The number of aromatic nitrogens is 2. The summed E-state index contributed by atoms with van der Waals surface area (Å²) in [5.74, 6) is -0.554. The molecule has 1 saturated heterocycles. The summed E-state index contributed by atoms with van der Waals surface area (Å²) in [7, 11) is 1.52. The first kappa shape index (κ1) is 15.8. The minimum Gasteiger partial charge on any atom is -0.378 e. The Morgan fingerprint density at radius 1 is 1.33 bits per heavy atom. The van der Waals surface area contributed by atoms with Gasteiger partial charge < -0.3 is 15.4 Å². The van der Waals surface area contributed by atoms with Crippen LogP contribution in [0.5, 0.6) is 0 Å². The molecule has 0 radical (unpaired) electrons. The van der Waals surface area contributed by atoms with Gasteiger partial charge in [-0.25, -0.2) is 9.97 Å². The molecule has 2 rings (SSSR count). The third-order valence-electron chi connectivity index (χ3n) is 3.53. The SMILES string of the molecule is CCC1OCCC1CNc1cc(NC)nc(C(F)(F)F)n1. The van der Waals surface area contributed by atoms with Crippen molar-refractivity contribution in [2.45, 2.75) is 32.0 Å². The molecule has 8 heteroatoms. The minimum atomic E-state index is -4.56. The Hall–Kier alpha value is -1.57. The van der Waals surface area contributed by atoms with Gasteiger partial charge >= 0.3 is 6.18 Å². The van der Waals surface area contributed by atoms with Crippen LogP contribution in [-0.4, -0.2) is 36.3 Å². The summed E-state index contributed by atoms with van der Waals surface area (Å²) in [6.07, 6.45) is -2.61. The first-order valence-corrected chi connectivity index (χ1v) is 6.93. The number of alkyl halides is 3. The smallest absolute Gasteiger partial charge is 0.378 e. The van der Waals surface area contributed by atoms with E-state index in [1.54, 1.807) is 0 Å². The Morgan fingerprint density at radius 2 is 2.05 bits per heavy atom. The molecule has 0 saturated carbocycles. The van der Waals surface area contributed by atoms with Crippen LogP contribution in [0, 0.1) is 5.92 Å². The molecule has 0 bridgehead atoms. The fourth-order valence-electron chi connectivity index (χ4n) is 2.41. The maximum absolute atomic E-state index is 12.7. The lowest BCUT2D eigenvalue weighted by atomic mass is 10.00. The highest BCUT2D eigenvalue weighted by atomic mass is 19.4. The summed E-state index contributed by atoms with van der Waals surface area (Å²) in [4.78, 5) is 6.96. The lowest BCUT2D eigenvalue weighted by Gasteiger charge is -2.18. The predicted octanol–water partition coefficient (Wildman–Crippen LogP) is 2.76. The van der Waals surface area contributed by atoms with Gasteiger partial charge in [-0.15, -0.1) is 0 Å². The van der Waals surface area contributed by atoms with Gasteiger partial charge in [0.1, 0.15) is 11.6 Å². The molecule has 118 valence electrons. The van der Waals surface area contributed by atoms with Gasteiger partial charge in [0.25, 0.3) is 0 Å². The molecule has 0 amide bonds. The summed E-state index contributed by atoms with van der Waals surface area (Å²) in [6.45, 7) is 3.27. The monoisotopic (exact) mass is 304 g/mol. The topological polar surface area (TPSA) is 59.1 Å². The molecule has 2 N–H and O–H groups in total. The maximum atomic E-state index is 12.7. The van der Waals surface area contributed by atoms with Crippen molar-refractivity contribution in [3.63, 3.8) is 0 Å². The number of nitrogens with zero attached hydrogens (tertiary/aromatic N) is 2. The van der Waals surface area contributed by atoms with Crippen LogP contribution in [0.4, 0.5) is 24.8 Å². The Bertz CT molecular complexity index is 481. The minimum absolute atomic E-state index is 0.134. The van der Waals surface area contributed by atoms with Crippen LogP contribution in [0.1, 0.15) is 25.6 Å². The molecular weight excluding hydrogens is 285 g/mol. The fraction of sp³-hybridized carbons (Fsp3) is 0.692. The summed E-state index contributed by atoms with van der Waals surface area (Å²) >= 11 is 0. The molecule has 21 heavy (non-hydrogen) atoms. The van der Waals surface area contributed by atoms with Crippen LogP contribution in [0.15, 0.2) is 6.07 Å². The molecule has 2 atom stereocenters. The molecule has 2 unspecified atom stereocenters. The second-order valence-corrected chi connectivity index (χ2v) is 4.96. The van der Waals surface area contributed by atoms with Crippen LogP contribution in [-0.2, 0) is 10.9 Å². The van der Waals surface area contributed by atoms with Crippen molar-refractivity contribution in [2.24, 2.45) is 5.92 Å². The van der Waals surface area contributed by atoms with Gasteiger partial charge in [-0.2, -0.15) is 13.2 Å². The molecule has 0 spiro atoms. The van der Waals surface area contributed by atoms with Gasteiger partial charge in [0.2, 0.25) is 5.82 Å². The molecule has 0 aromatic carbocycles. The van der Waals surface area contributed by atoms with E-state index in [9.17, 15) is 13.2 Å². The van der Waals surface area contributed by atoms with Crippen molar-refractivity contribution in [1.29, 1.82) is 0 Å². The molecular formula is C13H19F3N4O. The van der Waals surface area contributed by atoms with Crippen LogP contribution in [0.2, 0.25) is 0 Å². The Labute approximate surface area is 121 Å². The molecule has 0 aliphatic carbocycles. The first-order valence-electron chi connectivity index (χ1n) is 6.93. The van der Waals surface area contributed by atoms with E-state index in [0.717, 1.165) is 12.8 Å². The number of rotatable bonds is 5. The van der Waals surface area contributed by atoms with Gasteiger partial charge in [-0.3, -0.25) is 0 Å². The Balaban J connectivity index is 2.09. The number of hydrogen-bond donors (Lipinski definition) is 2. The zero-order valence-electron chi connectivity index (χ0n) is 12.0. The zero-order chi connectivity index (χ0) is 15.5. The predicted molar refractivity (Wildman–Crippen MR) is 73.2 cm³/mol. The van der Waals surface area contributed by atoms with E-state index in [1.807, 2.05) is 6.92 Å². The van der Waals surface area contributed by atoms with Gasteiger partial charge in [0.15, 0.2) is 0 Å². The molecule has 1 aromatic heterocycles. The van der Waals surface area contributed by atoms with Gasteiger partial charge in [-0.05, 0) is 12.8 Å². The number of ether oxygens (including phenoxy) is 1. The lowest BCUT2D eigenvalue weighted by Crippen LogP contribution is -2.23. The molecule has 2 heterocycles. The molecule has 1 aliphatic heterocycles. The third-order valence-corrected chi connectivity index (χ3v) is 3.53. The highest BCUT2D eigenvalue weighted by molar-refractivity contribution is 5.47. The van der Waals surface area contributed by atoms with E-state index >= 15 is 0 Å². The van der Waals surface area contributed by atoms with E-state index in [0.29, 0.717) is 13.2 Å². The molecule has 5 nitrogen and oxygen atoms in total. The highest BCUT2D eigenvalue weighted by Gasteiger charge is 2.35. The van der Waals surface area contributed by atoms with E-state index in [4.69, 9.17) is 4.74 Å². The number of nitrogens with one attached hydrogen (secondary N) is 2. The second kappa shape index (κ2) is 6.46. The van der Waals surface area contributed by atoms with Gasteiger partial charge in [0.05, 0.1) is 6.10 Å². The van der Waals surface area contributed by atoms with Crippen molar-refractivity contribution >= 4 is 11.6 Å². The summed E-state index contributed by atoms with van der Waals surface area (Å²) in [6, 6.07) is 1.46. The zero-order valence-corrected chi connectivity index (χ0v) is 12.0. The maximum Gasteiger partial charge on any atom is 0.451 e. The molecule has 1 fully saturated rings. The number of halogens is 3. The van der Waals surface area contributed by atoms with Crippen molar-refractivity contribution in [1.82, 2.24) is 9.97 Å². The van der Waals surface area contributed by atoms with Crippen LogP contribution in [0.25, 0.3) is 0 Å². The quantitative estimate of drug-likeness (QED) is 0.876. The normalized spacial score (nSPS) is 22.3. The average Bonchev–Trinajstić information content (AvgIpc) is 2.91. The first-order chi connectivity index (χ1) is 9.94. The number of anilines is 2. The lowest BCUT2D eigenvalue weighted by molar-refractivity contribution is -0.144. The van der Waals surface area contributed by atoms with Crippen LogP contribution in [0.3, 0.4) is 0 Å². The van der Waals surface area contributed by atoms with E-state index < -0.39 is 12.0 Å². The Kier molecular flexibility index (Phi) is 4.87. The average molecular weight is 304 g/mol. The van der Waals surface area contributed by atoms with Crippen molar-refractivity contribution in [2.75, 3.05) is 30.8 Å². The van der Waals surface area contributed by atoms with Crippen molar-refractivity contribution < 1.29 is 17.9 Å². The second-order valence-electron chi connectivity index (χ2n) is 4.96. The summed E-state index contributed by atoms with van der Waals surface area (Å²) < 4.78 is 43.8. The van der Waals surface area contributed by atoms with Crippen molar-refractivity contribution in [3.8, 4) is 0 Å². The van der Waals surface area contributed by atoms with Gasteiger partial charge in [-0.1, -0.05) is 6.92 Å². The van der Waals surface area contributed by atoms with E-state index in [2.05, 4.69) is 20.6 Å². The van der Waals surface area contributed by atoms with Crippen LogP contribution < -0.4 is 10.6 Å². The number of hydrogen-bond acceptors (Lipinski definition) is 5. The van der Waals surface area contributed by atoms with Crippen LogP contribution >= 0.6 is 0 Å². The molecule has 1 aromatic rings. The van der Waals surface area contributed by atoms with E-state index in [1.165, 1.54) is 13.1 Å². The van der Waals surface area contributed by atoms with Gasteiger partial charge in [0, 0.05) is 32.2 Å².